The minimum Gasteiger partial charge on any atom is -0.394 e. The van der Waals surface area contributed by atoms with E-state index in [4.69, 9.17) is 10.2 Å². The maximum Gasteiger partial charge on any atom is 0.416 e. The standard InChI is InChI=1S/C10H11F4NO2/c11-8-3-6(10(12,13)14)1-2-9(8)15-7(4-16)5-17/h1-3,7,15-17H,4-5H2. The topological polar surface area (TPSA) is 52.5 Å². The van der Waals surface area contributed by atoms with Crippen LogP contribution in [0.4, 0.5) is 23.2 Å². The van der Waals surface area contributed by atoms with Gasteiger partial charge >= 0.3 is 6.18 Å². The Labute approximate surface area is 94.7 Å². The third-order valence-electron chi connectivity index (χ3n) is 2.10. The third kappa shape index (κ3) is 3.57. The summed E-state index contributed by atoms with van der Waals surface area (Å²) in [6.07, 6.45) is -4.60. The molecule has 0 aromatic heterocycles. The molecule has 0 unspecified atom stereocenters. The minimum absolute atomic E-state index is 0.203. The van der Waals surface area contributed by atoms with Crippen LogP contribution in [0, 0.1) is 5.82 Å². The highest BCUT2D eigenvalue weighted by Crippen LogP contribution is 2.31. The Hall–Kier alpha value is -1.34. The van der Waals surface area contributed by atoms with Crippen LogP contribution >= 0.6 is 0 Å². The first-order valence-electron chi connectivity index (χ1n) is 4.73. The van der Waals surface area contributed by atoms with E-state index < -0.39 is 36.8 Å². The van der Waals surface area contributed by atoms with E-state index in [1.54, 1.807) is 0 Å². The number of aliphatic hydroxyl groups is 2. The molecule has 17 heavy (non-hydrogen) atoms. The minimum atomic E-state index is -4.60. The molecule has 0 aliphatic carbocycles. The molecule has 3 N–H and O–H groups in total. The van der Waals surface area contributed by atoms with Gasteiger partial charge in [0.1, 0.15) is 5.82 Å². The zero-order chi connectivity index (χ0) is 13.1. The first-order chi connectivity index (χ1) is 7.88. The quantitative estimate of drug-likeness (QED) is 0.714. The lowest BCUT2D eigenvalue weighted by molar-refractivity contribution is -0.137. The van der Waals surface area contributed by atoms with Gasteiger partial charge in [0.15, 0.2) is 0 Å². The predicted octanol–water partition coefficient (Wildman–Crippen LogP) is 1.61. The summed E-state index contributed by atoms with van der Waals surface area (Å²) in [5.41, 5.74) is -1.30. The molecule has 0 heterocycles. The van der Waals surface area contributed by atoms with Crippen LogP contribution in [0.2, 0.25) is 0 Å². The number of hydrogen-bond acceptors (Lipinski definition) is 3. The molecule has 1 rings (SSSR count). The highest BCUT2D eigenvalue weighted by atomic mass is 19.4. The van der Waals surface area contributed by atoms with Gasteiger partial charge in [-0.25, -0.2) is 4.39 Å². The van der Waals surface area contributed by atoms with E-state index in [1.807, 2.05) is 0 Å². The van der Waals surface area contributed by atoms with Gasteiger partial charge in [0.25, 0.3) is 0 Å². The Morgan fingerprint density at radius 2 is 1.76 bits per heavy atom. The van der Waals surface area contributed by atoms with E-state index >= 15 is 0 Å². The second kappa shape index (κ2) is 5.33. The molecule has 0 atom stereocenters. The third-order valence-corrected chi connectivity index (χ3v) is 2.10. The first-order valence-corrected chi connectivity index (χ1v) is 4.73. The number of nitrogens with one attached hydrogen (secondary N) is 1. The average molecular weight is 253 g/mol. The van der Waals surface area contributed by atoms with E-state index in [0.29, 0.717) is 6.07 Å². The Morgan fingerprint density at radius 1 is 1.18 bits per heavy atom. The van der Waals surface area contributed by atoms with Crippen molar-refractivity contribution in [2.24, 2.45) is 0 Å². The lowest BCUT2D eigenvalue weighted by atomic mass is 10.1. The van der Waals surface area contributed by atoms with Gasteiger partial charge in [-0.15, -0.1) is 0 Å². The molecule has 0 bridgehead atoms. The van der Waals surface area contributed by atoms with Crippen LogP contribution in [0.3, 0.4) is 0 Å². The monoisotopic (exact) mass is 253 g/mol. The summed E-state index contributed by atoms with van der Waals surface area (Å²) < 4.78 is 50.0. The molecule has 3 nitrogen and oxygen atoms in total. The van der Waals surface area contributed by atoms with Crippen molar-refractivity contribution in [2.45, 2.75) is 12.2 Å². The number of aliphatic hydroxyl groups excluding tert-OH is 2. The molecule has 96 valence electrons. The second-order valence-corrected chi connectivity index (χ2v) is 3.40. The highest BCUT2D eigenvalue weighted by Gasteiger charge is 2.31. The normalized spacial score (nSPS) is 11.9. The molecule has 1 aromatic rings. The smallest absolute Gasteiger partial charge is 0.394 e. The van der Waals surface area contributed by atoms with Gasteiger partial charge in [-0.05, 0) is 18.2 Å². The largest absolute Gasteiger partial charge is 0.416 e. The molecule has 0 aliphatic rings. The fourth-order valence-electron chi connectivity index (χ4n) is 1.18. The molecule has 0 amide bonds. The summed E-state index contributed by atoms with van der Waals surface area (Å²) in [4.78, 5) is 0. The van der Waals surface area contributed by atoms with Crippen LogP contribution in [0.25, 0.3) is 0 Å². The maximum atomic E-state index is 13.3. The van der Waals surface area contributed by atoms with Crippen molar-refractivity contribution < 1.29 is 27.8 Å². The van der Waals surface area contributed by atoms with E-state index in [2.05, 4.69) is 5.32 Å². The summed E-state index contributed by atoms with van der Waals surface area (Å²) in [5, 5.41) is 19.9. The molecular weight excluding hydrogens is 242 g/mol. The average Bonchev–Trinajstić information content (AvgIpc) is 2.26. The lowest BCUT2D eigenvalue weighted by Crippen LogP contribution is -2.28. The van der Waals surface area contributed by atoms with Crippen LogP contribution in [-0.4, -0.2) is 29.5 Å². The van der Waals surface area contributed by atoms with Crippen molar-refractivity contribution in [2.75, 3.05) is 18.5 Å². The van der Waals surface area contributed by atoms with Gasteiger partial charge in [0, 0.05) is 0 Å². The zero-order valence-electron chi connectivity index (χ0n) is 8.63. The predicted molar refractivity (Wildman–Crippen MR) is 53.0 cm³/mol. The summed E-state index contributed by atoms with van der Waals surface area (Å²) in [6, 6.07) is 1.17. The van der Waals surface area contributed by atoms with Crippen LogP contribution in [-0.2, 0) is 6.18 Å². The fourth-order valence-corrected chi connectivity index (χ4v) is 1.18. The van der Waals surface area contributed by atoms with Crippen molar-refractivity contribution in [1.29, 1.82) is 0 Å². The maximum absolute atomic E-state index is 13.3. The van der Waals surface area contributed by atoms with Crippen LogP contribution in [0.1, 0.15) is 5.56 Å². The first kappa shape index (κ1) is 13.7. The number of halogens is 4. The van der Waals surface area contributed by atoms with Crippen LogP contribution < -0.4 is 5.32 Å². The van der Waals surface area contributed by atoms with Crippen molar-refractivity contribution >= 4 is 5.69 Å². The van der Waals surface area contributed by atoms with Gasteiger partial charge in [0.2, 0.25) is 0 Å². The Kier molecular flexibility index (Phi) is 4.30. The van der Waals surface area contributed by atoms with Crippen molar-refractivity contribution in [1.82, 2.24) is 0 Å². The highest BCUT2D eigenvalue weighted by molar-refractivity contribution is 5.47. The molecule has 1 aromatic carbocycles. The van der Waals surface area contributed by atoms with E-state index in [1.165, 1.54) is 0 Å². The van der Waals surface area contributed by atoms with E-state index in [0.717, 1.165) is 12.1 Å². The van der Waals surface area contributed by atoms with Gasteiger partial charge < -0.3 is 15.5 Å². The molecule has 0 saturated heterocycles. The van der Waals surface area contributed by atoms with E-state index in [9.17, 15) is 17.6 Å². The Bertz CT molecular complexity index is 377. The molecule has 0 fully saturated rings. The molecule has 0 spiro atoms. The summed E-state index contributed by atoms with van der Waals surface area (Å²) >= 11 is 0. The molecule has 0 radical (unpaired) electrons. The molecular formula is C10H11F4NO2. The number of hydrogen-bond donors (Lipinski definition) is 3. The zero-order valence-corrected chi connectivity index (χ0v) is 8.63. The van der Waals surface area contributed by atoms with Crippen molar-refractivity contribution in [3.05, 3.63) is 29.6 Å². The summed E-state index contributed by atoms with van der Waals surface area (Å²) in [7, 11) is 0. The Morgan fingerprint density at radius 3 is 2.18 bits per heavy atom. The van der Waals surface area contributed by atoms with Gasteiger partial charge in [-0.2, -0.15) is 13.2 Å². The van der Waals surface area contributed by atoms with Crippen molar-refractivity contribution in [3.8, 4) is 0 Å². The summed E-state index contributed by atoms with van der Waals surface area (Å²) in [6.45, 7) is -0.923. The molecule has 0 saturated carbocycles. The van der Waals surface area contributed by atoms with Crippen molar-refractivity contribution in [3.63, 3.8) is 0 Å². The Balaban J connectivity index is 2.90. The lowest BCUT2D eigenvalue weighted by Gasteiger charge is -2.16. The van der Waals surface area contributed by atoms with Gasteiger partial charge in [-0.1, -0.05) is 0 Å². The van der Waals surface area contributed by atoms with Crippen LogP contribution in [0.5, 0.6) is 0 Å². The number of alkyl halides is 3. The summed E-state index contributed by atoms with van der Waals surface area (Å²) in [5.74, 6) is -1.09. The molecule has 7 heteroatoms. The second-order valence-electron chi connectivity index (χ2n) is 3.40. The van der Waals surface area contributed by atoms with Gasteiger partial charge in [0.05, 0.1) is 30.5 Å². The SMILES string of the molecule is OCC(CO)Nc1ccc(C(F)(F)F)cc1F. The molecule has 0 aliphatic heterocycles. The number of anilines is 1. The number of benzene rings is 1. The van der Waals surface area contributed by atoms with Gasteiger partial charge in [-0.3, -0.25) is 0 Å². The number of rotatable bonds is 4. The van der Waals surface area contributed by atoms with Crippen LogP contribution in [0.15, 0.2) is 18.2 Å². The fraction of sp³-hybridized carbons (Fsp3) is 0.400. The van der Waals surface area contributed by atoms with E-state index in [-0.39, 0.29) is 5.69 Å².